The second-order valence-electron chi connectivity index (χ2n) is 10.9. The fourth-order valence-corrected chi connectivity index (χ4v) is 5.91. The molecular weight excluding hydrogens is 519 g/mol. The SMILES string of the molecule is COc1cc(N2CCC(N3CCN(C)CC3)CC2)c(C)cc1Nc1nccc(-n2ccnc2-c2ccc(F)cc2)n1. The van der Waals surface area contributed by atoms with Gasteiger partial charge in [0.05, 0.1) is 12.8 Å². The summed E-state index contributed by atoms with van der Waals surface area (Å²) in [7, 11) is 3.90. The molecule has 2 aromatic carbocycles. The molecule has 41 heavy (non-hydrogen) atoms. The van der Waals surface area contributed by atoms with E-state index in [0.29, 0.717) is 23.6 Å². The topological polar surface area (TPSA) is 74.6 Å². The van der Waals surface area contributed by atoms with Gasteiger partial charge < -0.3 is 19.9 Å². The molecule has 2 aromatic heterocycles. The smallest absolute Gasteiger partial charge is 0.229 e. The number of imidazole rings is 1. The molecule has 4 heterocycles. The van der Waals surface area contributed by atoms with Gasteiger partial charge in [-0.25, -0.2) is 14.4 Å². The Morgan fingerprint density at radius 1 is 0.927 bits per heavy atom. The summed E-state index contributed by atoms with van der Waals surface area (Å²) in [6, 6.07) is 13.0. The normalized spacial score (nSPS) is 17.1. The Kier molecular flexibility index (Phi) is 7.84. The largest absolute Gasteiger partial charge is 0.494 e. The molecule has 0 saturated carbocycles. The molecule has 0 radical (unpaired) electrons. The third-order valence-electron chi connectivity index (χ3n) is 8.25. The minimum absolute atomic E-state index is 0.286. The van der Waals surface area contributed by atoms with E-state index in [4.69, 9.17) is 9.72 Å². The highest BCUT2D eigenvalue weighted by Crippen LogP contribution is 2.36. The number of ether oxygens (including phenoxy) is 1. The molecule has 0 atom stereocenters. The molecule has 6 rings (SSSR count). The van der Waals surface area contributed by atoms with Crippen molar-refractivity contribution >= 4 is 17.3 Å². The van der Waals surface area contributed by atoms with Crippen molar-refractivity contribution in [2.75, 3.05) is 63.6 Å². The van der Waals surface area contributed by atoms with Crippen LogP contribution in [0.2, 0.25) is 0 Å². The molecule has 2 aliphatic heterocycles. The fraction of sp³-hybridized carbons (Fsp3) is 0.387. The number of methoxy groups -OCH3 is 1. The zero-order valence-electron chi connectivity index (χ0n) is 23.9. The number of piperidine rings is 1. The number of hydrogen-bond acceptors (Lipinski definition) is 8. The first-order valence-electron chi connectivity index (χ1n) is 14.2. The predicted molar refractivity (Wildman–Crippen MR) is 160 cm³/mol. The van der Waals surface area contributed by atoms with Crippen molar-refractivity contribution in [3.8, 4) is 23.0 Å². The van der Waals surface area contributed by atoms with Crippen molar-refractivity contribution in [3.05, 3.63) is 72.4 Å². The van der Waals surface area contributed by atoms with Crippen LogP contribution in [0.15, 0.2) is 61.1 Å². The van der Waals surface area contributed by atoms with Crippen molar-refractivity contribution in [1.82, 2.24) is 29.3 Å². The number of aromatic nitrogens is 4. The van der Waals surface area contributed by atoms with E-state index in [-0.39, 0.29) is 5.82 Å². The maximum atomic E-state index is 13.5. The highest BCUT2D eigenvalue weighted by molar-refractivity contribution is 5.71. The highest BCUT2D eigenvalue weighted by atomic mass is 19.1. The van der Waals surface area contributed by atoms with Gasteiger partial charge in [0.2, 0.25) is 5.95 Å². The van der Waals surface area contributed by atoms with E-state index in [1.165, 1.54) is 49.3 Å². The maximum Gasteiger partial charge on any atom is 0.229 e. The Balaban J connectivity index is 1.18. The lowest BCUT2D eigenvalue weighted by Crippen LogP contribution is -2.52. The maximum absolute atomic E-state index is 13.5. The summed E-state index contributed by atoms with van der Waals surface area (Å²) >= 11 is 0. The minimum atomic E-state index is -0.286. The first-order valence-corrected chi connectivity index (χ1v) is 14.2. The summed E-state index contributed by atoms with van der Waals surface area (Å²) in [4.78, 5) is 21.2. The molecule has 0 spiro atoms. The van der Waals surface area contributed by atoms with Gasteiger partial charge in [0.1, 0.15) is 23.2 Å². The van der Waals surface area contributed by atoms with E-state index in [9.17, 15) is 4.39 Å². The van der Waals surface area contributed by atoms with Crippen molar-refractivity contribution < 1.29 is 9.13 Å². The summed E-state index contributed by atoms with van der Waals surface area (Å²) in [6.45, 7) is 8.90. The summed E-state index contributed by atoms with van der Waals surface area (Å²) in [5.74, 6) is 2.22. The highest BCUT2D eigenvalue weighted by Gasteiger charge is 2.27. The fourth-order valence-electron chi connectivity index (χ4n) is 5.91. The summed E-state index contributed by atoms with van der Waals surface area (Å²) in [5.41, 5.74) is 3.99. The number of nitrogens with one attached hydrogen (secondary N) is 1. The number of halogens is 1. The number of anilines is 3. The zero-order valence-corrected chi connectivity index (χ0v) is 23.9. The van der Waals surface area contributed by atoms with Crippen LogP contribution in [0, 0.1) is 12.7 Å². The number of likely N-dealkylation sites (N-methyl/N-ethyl adjacent to an activating group) is 1. The van der Waals surface area contributed by atoms with Gasteiger partial charge in [-0.3, -0.25) is 9.47 Å². The van der Waals surface area contributed by atoms with Gasteiger partial charge >= 0.3 is 0 Å². The molecule has 2 aliphatic rings. The van der Waals surface area contributed by atoms with Crippen LogP contribution in [0.5, 0.6) is 5.75 Å². The van der Waals surface area contributed by atoms with Gasteiger partial charge in [0, 0.05) is 81.2 Å². The number of benzene rings is 2. The average molecular weight is 557 g/mol. The first kappa shape index (κ1) is 27.2. The van der Waals surface area contributed by atoms with Crippen LogP contribution in [-0.2, 0) is 0 Å². The standard InChI is InChI=1S/C31H37FN8O/c1-22-20-26(28(41-3)21-27(22)39-13-9-25(10-14-39)38-18-16-37(2)17-19-38)35-31-34-11-8-29(36-31)40-15-12-33-30(40)23-4-6-24(32)7-5-23/h4-8,11-12,15,20-21,25H,9-10,13-14,16-19H2,1-3H3,(H,34,35,36). The van der Waals surface area contributed by atoms with Crippen LogP contribution in [-0.4, -0.2) is 88.8 Å². The molecular formula is C31H37FN8O. The monoisotopic (exact) mass is 556 g/mol. The molecule has 0 unspecified atom stereocenters. The van der Waals surface area contributed by atoms with Crippen molar-refractivity contribution in [2.24, 2.45) is 0 Å². The Hall–Kier alpha value is -4.02. The number of nitrogens with zero attached hydrogens (tertiary/aromatic N) is 7. The van der Waals surface area contributed by atoms with Crippen LogP contribution in [0.25, 0.3) is 17.2 Å². The number of aryl methyl sites for hydroxylation is 1. The lowest BCUT2D eigenvalue weighted by atomic mass is 10.0. The third kappa shape index (κ3) is 5.89. The van der Waals surface area contributed by atoms with Gasteiger partial charge in [-0.05, 0) is 68.8 Å². The second-order valence-corrected chi connectivity index (χ2v) is 10.9. The van der Waals surface area contributed by atoms with E-state index in [0.717, 1.165) is 43.2 Å². The Bertz CT molecular complexity index is 1470. The Morgan fingerprint density at radius 3 is 2.41 bits per heavy atom. The van der Waals surface area contributed by atoms with E-state index in [1.54, 1.807) is 31.6 Å². The van der Waals surface area contributed by atoms with E-state index in [2.05, 4.69) is 56.1 Å². The van der Waals surface area contributed by atoms with Gasteiger partial charge in [-0.1, -0.05) is 0 Å². The van der Waals surface area contributed by atoms with E-state index < -0.39 is 0 Å². The van der Waals surface area contributed by atoms with Gasteiger partial charge in [0.25, 0.3) is 0 Å². The molecule has 2 fully saturated rings. The van der Waals surface area contributed by atoms with Crippen molar-refractivity contribution in [1.29, 1.82) is 0 Å². The first-order chi connectivity index (χ1) is 20.0. The lowest BCUT2D eigenvalue weighted by Gasteiger charge is -2.43. The molecule has 2 saturated heterocycles. The van der Waals surface area contributed by atoms with Crippen molar-refractivity contribution in [2.45, 2.75) is 25.8 Å². The van der Waals surface area contributed by atoms with Crippen LogP contribution in [0.3, 0.4) is 0 Å². The molecule has 0 amide bonds. The molecule has 0 aliphatic carbocycles. The molecule has 9 nitrogen and oxygen atoms in total. The zero-order chi connectivity index (χ0) is 28.3. The van der Waals surface area contributed by atoms with Gasteiger partial charge in [0.15, 0.2) is 0 Å². The molecule has 1 N–H and O–H groups in total. The minimum Gasteiger partial charge on any atom is -0.494 e. The Morgan fingerprint density at radius 2 is 1.68 bits per heavy atom. The summed E-state index contributed by atoms with van der Waals surface area (Å²) in [6.07, 6.45) is 7.60. The molecule has 214 valence electrons. The quantitative estimate of drug-likeness (QED) is 0.350. The van der Waals surface area contributed by atoms with Crippen LogP contribution >= 0.6 is 0 Å². The van der Waals surface area contributed by atoms with Crippen LogP contribution in [0.1, 0.15) is 18.4 Å². The number of hydrogen-bond donors (Lipinski definition) is 1. The second kappa shape index (κ2) is 11.8. The van der Waals surface area contributed by atoms with Crippen LogP contribution < -0.4 is 15.0 Å². The summed E-state index contributed by atoms with van der Waals surface area (Å²) in [5, 5.41) is 3.36. The van der Waals surface area contributed by atoms with Gasteiger partial charge in [-0.15, -0.1) is 0 Å². The number of rotatable bonds is 7. The predicted octanol–water partition coefficient (Wildman–Crippen LogP) is 4.75. The number of piperazine rings is 1. The van der Waals surface area contributed by atoms with E-state index in [1.807, 2.05) is 16.8 Å². The molecule has 0 bridgehead atoms. The Labute approximate surface area is 240 Å². The lowest BCUT2D eigenvalue weighted by molar-refractivity contribution is 0.0982. The molecule has 4 aromatic rings. The van der Waals surface area contributed by atoms with Crippen LogP contribution in [0.4, 0.5) is 21.7 Å². The average Bonchev–Trinajstić information content (AvgIpc) is 3.49. The van der Waals surface area contributed by atoms with E-state index >= 15 is 0 Å². The van der Waals surface area contributed by atoms with Gasteiger partial charge in [-0.2, -0.15) is 4.98 Å². The molecule has 10 heteroatoms. The third-order valence-corrected chi connectivity index (χ3v) is 8.25. The summed E-state index contributed by atoms with van der Waals surface area (Å²) < 4.78 is 21.1. The van der Waals surface area contributed by atoms with Crippen molar-refractivity contribution in [3.63, 3.8) is 0 Å².